The summed E-state index contributed by atoms with van der Waals surface area (Å²) in [6.45, 7) is 0. The number of aromatic nitrogens is 1. The Morgan fingerprint density at radius 1 is 0.561 bits per heavy atom. The minimum Gasteiger partial charge on any atom is -0.477 e. The van der Waals surface area contributed by atoms with Gasteiger partial charge in [0, 0.05) is 49.7 Å². The van der Waals surface area contributed by atoms with Crippen LogP contribution in [0.2, 0.25) is 0 Å². The zero-order valence-electron chi connectivity index (χ0n) is 30.6. The highest BCUT2D eigenvalue weighted by Gasteiger charge is 2.22. The number of thiophene rings is 1. The molecule has 0 fully saturated rings. The number of aliphatic carboxylic acids is 1. The number of hydrogen-bond acceptors (Lipinski definition) is 5. The second-order valence-corrected chi connectivity index (χ2v) is 14.7. The molecule has 0 aliphatic rings. The number of carbonyl (C=O) groups is 1. The maximum Gasteiger partial charge on any atom is 0.346 e. The average Bonchev–Trinajstić information content (AvgIpc) is 3.95. The first-order chi connectivity index (χ1) is 28.0. The fraction of sp³-hybridized carbons (Fsp3) is 0. The van der Waals surface area contributed by atoms with Gasteiger partial charge in [-0.15, -0.1) is 11.3 Å². The van der Waals surface area contributed by atoms with Crippen LogP contribution in [0.3, 0.4) is 0 Å². The van der Waals surface area contributed by atoms with E-state index in [1.807, 2.05) is 30.3 Å². The van der Waals surface area contributed by atoms with Gasteiger partial charge in [-0.3, -0.25) is 0 Å². The van der Waals surface area contributed by atoms with Crippen molar-refractivity contribution in [2.24, 2.45) is 0 Å². The molecule has 2 N–H and O–H groups in total. The van der Waals surface area contributed by atoms with Crippen molar-refractivity contribution in [2.45, 2.75) is 0 Å². The van der Waals surface area contributed by atoms with Gasteiger partial charge >= 0.3 is 5.97 Å². The summed E-state index contributed by atoms with van der Waals surface area (Å²) in [5.74, 6) is -1.24. The Labute approximate surface area is 334 Å². The Kier molecular flexibility index (Phi) is 9.37. The maximum absolute atomic E-state index is 11.5. The van der Waals surface area contributed by atoms with Crippen LogP contribution in [-0.2, 0) is 4.79 Å². The summed E-state index contributed by atoms with van der Waals surface area (Å²) in [6.07, 6.45) is 1.41. The van der Waals surface area contributed by atoms with Crippen LogP contribution in [0.5, 0.6) is 0 Å². The van der Waals surface area contributed by atoms with Crippen LogP contribution >= 0.6 is 11.3 Å². The lowest BCUT2D eigenvalue weighted by Gasteiger charge is -2.31. The summed E-state index contributed by atoms with van der Waals surface area (Å²) in [5, 5.41) is 23.3. The lowest BCUT2D eigenvalue weighted by molar-refractivity contribution is -0.132. The summed E-state index contributed by atoms with van der Waals surface area (Å²) >= 11 is 1.42. The largest absolute Gasteiger partial charge is 0.477 e. The molecule has 0 aliphatic carbocycles. The second-order valence-electron chi connectivity index (χ2n) is 13.5. The van der Waals surface area contributed by atoms with E-state index >= 15 is 0 Å². The molecule has 57 heavy (non-hydrogen) atoms. The molecular formula is C50H34N4O2S. The van der Waals surface area contributed by atoms with E-state index in [-0.39, 0.29) is 5.57 Å². The summed E-state index contributed by atoms with van der Waals surface area (Å²) < 4.78 is 0. The van der Waals surface area contributed by atoms with Crippen molar-refractivity contribution in [3.05, 3.63) is 199 Å². The SMILES string of the molecule is N#C/C(=C/c1ccc(-c2ccc(-c3cc(N(c4ccccc4)c4cccc5ccccc45)cc(N(c4ccccc4)c4cccc5ccccc45)c3)[nH]2)s1)C(=O)O. The van der Waals surface area contributed by atoms with Crippen molar-refractivity contribution in [3.8, 4) is 27.9 Å². The van der Waals surface area contributed by atoms with Crippen molar-refractivity contribution in [2.75, 3.05) is 9.80 Å². The van der Waals surface area contributed by atoms with Crippen molar-refractivity contribution in [1.29, 1.82) is 5.26 Å². The number of aromatic amines is 1. The van der Waals surface area contributed by atoms with Gasteiger partial charge in [0.1, 0.15) is 11.6 Å². The number of nitrogens with zero attached hydrogens (tertiary/aromatic N) is 3. The zero-order chi connectivity index (χ0) is 38.7. The molecule has 7 aromatic carbocycles. The smallest absolute Gasteiger partial charge is 0.346 e. The number of hydrogen-bond donors (Lipinski definition) is 2. The van der Waals surface area contributed by atoms with E-state index < -0.39 is 5.97 Å². The van der Waals surface area contributed by atoms with Gasteiger partial charge in [-0.25, -0.2) is 4.79 Å². The minimum atomic E-state index is -1.24. The highest BCUT2D eigenvalue weighted by molar-refractivity contribution is 7.16. The van der Waals surface area contributed by atoms with Gasteiger partial charge in [0.05, 0.1) is 21.9 Å². The average molecular weight is 755 g/mol. The Morgan fingerprint density at radius 2 is 1.07 bits per heavy atom. The summed E-state index contributed by atoms with van der Waals surface area (Å²) in [4.78, 5) is 21.5. The summed E-state index contributed by atoms with van der Waals surface area (Å²) in [5.41, 5.74) is 8.60. The van der Waals surface area contributed by atoms with E-state index in [9.17, 15) is 15.2 Å². The van der Waals surface area contributed by atoms with Crippen LogP contribution in [-0.4, -0.2) is 16.1 Å². The number of carboxylic acids is 1. The third-order valence-electron chi connectivity index (χ3n) is 9.99. The van der Waals surface area contributed by atoms with Crippen molar-refractivity contribution in [3.63, 3.8) is 0 Å². The number of H-pyrrole nitrogens is 1. The summed E-state index contributed by atoms with van der Waals surface area (Å²) in [6, 6.07) is 67.2. The van der Waals surface area contributed by atoms with Crippen LogP contribution in [0.25, 0.3) is 49.4 Å². The fourth-order valence-electron chi connectivity index (χ4n) is 7.39. The number of para-hydroxylation sites is 2. The van der Waals surface area contributed by atoms with Crippen molar-refractivity contribution < 1.29 is 9.90 Å². The second kappa shape index (κ2) is 15.2. The van der Waals surface area contributed by atoms with Crippen LogP contribution in [0.4, 0.5) is 34.1 Å². The number of carboxylic acid groups (broad SMARTS) is 1. The van der Waals surface area contributed by atoms with Gasteiger partial charge in [-0.05, 0) is 95.7 Å². The molecule has 272 valence electrons. The molecule has 0 spiro atoms. The molecule has 2 aromatic heterocycles. The van der Waals surface area contributed by atoms with E-state index in [0.717, 1.165) is 77.5 Å². The molecule has 9 rings (SSSR count). The zero-order valence-corrected chi connectivity index (χ0v) is 31.4. The first-order valence-corrected chi connectivity index (χ1v) is 19.3. The first kappa shape index (κ1) is 35.1. The Hall–Kier alpha value is -7.66. The van der Waals surface area contributed by atoms with E-state index in [2.05, 4.69) is 173 Å². The third kappa shape index (κ3) is 6.94. The van der Waals surface area contributed by atoms with Crippen LogP contribution in [0.15, 0.2) is 194 Å². The number of anilines is 6. The quantitative estimate of drug-likeness (QED) is 0.107. The molecule has 6 nitrogen and oxygen atoms in total. The molecule has 2 heterocycles. The Bertz CT molecular complexity index is 2830. The molecule has 0 unspecified atom stereocenters. The van der Waals surface area contributed by atoms with E-state index in [0.29, 0.717) is 4.88 Å². The molecule has 0 saturated carbocycles. The molecule has 0 atom stereocenters. The number of nitriles is 1. The van der Waals surface area contributed by atoms with Gasteiger partial charge in [-0.1, -0.05) is 109 Å². The molecule has 0 saturated heterocycles. The topological polar surface area (TPSA) is 83.4 Å². The lowest BCUT2D eigenvalue weighted by atomic mass is 10.0. The van der Waals surface area contributed by atoms with E-state index in [4.69, 9.17) is 0 Å². The van der Waals surface area contributed by atoms with Gasteiger partial charge in [0.25, 0.3) is 0 Å². The van der Waals surface area contributed by atoms with Crippen LogP contribution < -0.4 is 9.80 Å². The monoisotopic (exact) mass is 754 g/mol. The number of rotatable bonds is 10. The first-order valence-electron chi connectivity index (χ1n) is 18.5. The predicted octanol–water partition coefficient (Wildman–Crippen LogP) is 13.6. The number of benzene rings is 7. The van der Waals surface area contributed by atoms with Gasteiger partial charge in [-0.2, -0.15) is 5.26 Å². The Morgan fingerprint density at radius 3 is 1.61 bits per heavy atom. The minimum absolute atomic E-state index is 0.303. The number of nitrogens with one attached hydrogen (secondary N) is 1. The normalized spacial score (nSPS) is 11.4. The van der Waals surface area contributed by atoms with E-state index in [1.54, 1.807) is 6.07 Å². The maximum atomic E-state index is 11.5. The highest BCUT2D eigenvalue weighted by atomic mass is 32.1. The van der Waals surface area contributed by atoms with Crippen molar-refractivity contribution >= 4 is 79.1 Å². The molecule has 0 aliphatic heterocycles. The van der Waals surface area contributed by atoms with Gasteiger partial charge in [0.2, 0.25) is 0 Å². The van der Waals surface area contributed by atoms with Crippen molar-refractivity contribution in [1.82, 2.24) is 4.98 Å². The molecule has 0 amide bonds. The Balaban J connectivity index is 1.28. The standard InChI is InChI=1S/C50H34N4O2S/c51-33-37(50(55)56)31-42-25-28-49(57-42)46-27-26-45(52-46)36-29-40(53(38-17-3-1-4-18-38)47-23-11-15-34-13-7-9-21-43(34)47)32-41(30-36)54(39-19-5-2-6-20-39)48-24-12-16-35-14-8-10-22-44(35)48/h1-32,52H,(H,55,56)/b37-31-. The number of fused-ring (bicyclic) bond motifs is 2. The molecule has 7 heteroatoms. The molecular weight excluding hydrogens is 721 g/mol. The van der Waals surface area contributed by atoms with Gasteiger partial charge in [0.15, 0.2) is 0 Å². The van der Waals surface area contributed by atoms with Crippen LogP contribution in [0.1, 0.15) is 4.88 Å². The summed E-state index contributed by atoms with van der Waals surface area (Å²) in [7, 11) is 0. The lowest BCUT2D eigenvalue weighted by Crippen LogP contribution is -2.14. The predicted molar refractivity (Wildman–Crippen MR) is 235 cm³/mol. The van der Waals surface area contributed by atoms with Gasteiger partial charge < -0.3 is 19.9 Å². The molecule has 0 bridgehead atoms. The fourth-order valence-corrected chi connectivity index (χ4v) is 8.32. The van der Waals surface area contributed by atoms with Crippen LogP contribution in [0, 0.1) is 11.3 Å². The molecule has 0 radical (unpaired) electrons. The third-order valence-corrected chi connectivity index (χ3v) is 11.1. The van der Waals surface area contributed by atoms with E-state index in [1.165, 1.54) is 17.4 Å². The molecule has 9 aromatic rings. The highest BCUT2D eigenvalue weighted by Crippen LogP contribution is 2.46.